The monoisotopic (exact) mass is 403 g/mol. The van der Waals surface area contributed by atoms with Crippen LogP contribution in [0.4, 0.5) is 13.2 Å². The number of nitrogens with zero attached hydrogens (tertiary/aromatic N) is 2. The average molecular weight is 403 g/mol. The fourth-order valence-corrected chi connectivity index (χ4v) is 2.81. The zero-order valence-corrected chi connectivity index (χ0v) is 15.4. The van der Waals surface area contributed by atoms with Crippen LogP contribution in [-0.2, 0) is 12.6 Å². The molecule has 0 atom stereocenters. The summed E-state index contributed by atoms with van der Waals surface area (Å²) in [6.45, 7) is 3.59. The number of halogens is 3. The van der Waals surface area contributed by atoms with E-state index in [9.17, 15) is 18.0 Å². The lowest BCUT2D eigenvalue weighted by atomic mass is 10.4. The molecule has 27 heavy (non-hydrogen) atoms. The summed E-state index contributed by atoms with van der Waals surface area (Å²) in [4.78, 5) is 19.6. The third-order valence-electron chi connectivity index (χ3n) is 3.23. The van der Waals surface area contributed by atoms with Gasteiger partial charge < -0.3 is 20.4 Å². The number of furan rings is 1. The predicted molar refractivity (Wildman–Crippen MR) is 95.8 cm³/mol. The van der Waals surface area contributed by atoms with E-state index < -0.39 is 11.9 Å². The molecule has 0 spiro atoms. The van der Waals surface area contributed by atoms with Gasteiger partial charge in [0, 0.05) is 38.0 Å². The van der Waals surface area contributed by atoms with E-state index in [0.29, 0.717) is 43.6 Å². The number of rotatable bonds is 8. The van der Waals surface area contributed by atoms with Crippen LogP contribution in [0.25, 0.3) is 0 Å². The summed E-state index contributed by atoms with van der Waals surface area (Å²) in [5.41, 5.74) is -0.871. The number of hydrogen-bond acceptors (Lipinski definition) is 5. The average Bonchev–Trinajstić information content (AvgIpc) is 3.29. The molecule has 0 aliphatic carbocycles. The second-order valence-corrected chi connectivity index (χ2v) is 6.24. The number of alkyl halides is 3. The van der Waals surface area contributed by atoms with E-state index in [0.717, 1.165) is 16.7 Å². The molecule has 148 valence electrons. The molecule has 3 N–H and O–H groups in total. The summed E-state index contributed by atoms with van der Waals surface area (Å²) < 4.78 is 42.6. The first-order valence-corrected chi connectivity index (χ1v) is 9.13. The van der Waals surface area contributed by atoms with E-state index in [1.54, 1.807) is 12.1 Å². The quantitative estimate of drug-likeness (QED) is 0.357. The van der Waals surface area contributed by atoms with E-state index in [1.165, 1.54) is 6.26 Å². The van der Waals surface area contributed by atoms with Crippen molar-refractivity contribution in [2.45, 2.75) is 19.5 Å². The van der Waals surface area contributed by atoms with Gasteiger partial charge in [0.15, 0.2) is 17.4 Å². The molecule has 2 rings (SSSR count). The van der Waals surface area contributed by atoms with Gasteiger partial charge >= 0.3 is 6.18 Å². The zero-order valence-electron chi connectivity index (χ0n) is 14.6. The van der Waals surface area contributed by atoms with Gasteiger partial charge in [0.05, 0.1) is 11.3 Å². The first kappa shape index (κ1) is 20.7. The van der Waals surface area contributed by atoms with Gasteiger partial charge in [0.1, 0.15) is 0 Å². The molecule has 1 amide bonds. The number of aliphatic imine (C=N–C) groups is 1. The number of nitrogens with one attached hydrogen (secondary N) is 3. The largest absolute Gasteiger partial charge is 0.459 e. The Morgan fingerprint density at radius 2 is 2.07 bits per heavy atom. The van der Waals surface area contributed by atoms with Crippen molar-refractivity contribution in [3.63, 3.8) is 0 Å². The summed E-state index contributed by atoms with van der Waals surface area (Å²) >= 11 is 0.967. The lowest BCUT2D eigenvalue weighted by molar-refractivity contribution is -0.140. The van der Waals surface area contributed by atoms with Crippen LogP contribution >= 0.6 is 11.3 Å². The Hall–Kier alpha value is -2.56. The third-order valence-corrected chi connectivity index (χ3v) is 4.14. The Balaban J connectivity index is 1.75. The molecule has 11 heteroatoms. The van der Waals surface area contributed by atoms with Gasteiger partial charge in [-0.1, -0.05) is 0 Å². The van der Waals surface area contributed by atoms with Crippen molar-refractivity contribution in [2.24, 2.45) is 4.99 Å². The van der Waals surface area contributed by atoms with Crippen LogP contribution in [0.2, 0.25) is 0 Å². The van der Waals surface area contributed by atoms with Crippen LogP contribution in [-0.4, -0.2) is 43.0 Å². The Bertz CT molecular complexity index is 744. The maximum absolute atomic E-state index is 12.5. The first-order chi connectivity index (χ1) is 12.9. The number of amides is 1. The molecule has 0 unspecified atom stereocenters. The number of aromatic nitrogens is 1. The normalized spacial score (nSPS) is 12.1. The highest BCUT2D eigenvalue weighted by Gasteiger charge is 2.33. The highest BCUT2D eigenvalue weighted by molar-refractivity contribution is 7.09. The minimum Gasteiger partial charge on any atom is -0.459 e. The third kappa shape index (κ3) is 6.93. The standard InChI is InChI=1S/C16H20F3N5O2S/c1-2-20-15(23-8-7-21-14(25)11-4-3-9-26-11)22-6-5-13-24-12(10-27-13)16(17,18)19/h3-4,9-10H,2,5-8H2,1H3,(H,21,25)(H2,20,22,23). The molecule has 0 saturated carbocycles. The van der Waals surface area contributed by atoms with Crippen molar-refractivity contribution in [3.05, 3.63) is 40.2 Å². The smallest absolute Gasteiger partial charge is 0.434 e. The van der Waals surface area contributed by atoms with E-state index in [-0.39, 0.29) is 11.7 Å². The molecule has 2 aromatic rings. The van der Waals surface area contributed by atoms with Crippen LogP contribution in [0.3, 0.4) is 0 Å². The molecule has 7 nitrogen and oxygen atoms in total. The van der Waals surface area contributed by atoms with Crippen molar-refractivity contribution >= 4 is 23.2 Å². The molecule has 0 fully saturated rings. The Morgan fingerprint density at radius 1 is 1.30 bits per heavy atom. The Kier molecular flexibility index (Phi) is 7.65. The second kappa shape index (κ2) is 9.95. The van der Waals surface area contributed by atoms with Crippen LogP contribution in [0.1, 0.15) is 28.2 Å². The summed E-state index contributed by atoms with van der Waals surface area (Å²) in [7, 11) is 0. The van der Waals surface area contributed by atoms with Gasteiger partial charge in [-0.25, -0.2) is 4.98 Å². The van der Waals surface area contributed by atoms with Gasteiger partial charge in [-0.3, -0.25) is 9.79 Å². The predicted octanol–water partition coefficient (Wildman–Crippen LogP) is 2.28. The molecule has 2 heterocycles. The van der Waals surface area contributed by atoms with Crippen molar-refractivity contribution in [1.29, 1.82) is 0 Å². The fourth-order valence-electron chi connectivity index (χ4n) is 2.01. The number of hydrogen-bond donors (Lipinski definition) is 3. The molecular weight excluding hydrogens is 383 g/mol. The summed E-state index contributed by atoms with van der Waals surface area (Å²) in [5, 5.41) is 10.1. The summed E-state index contributed by atoms with van der Waals surface area (Å²) in [6, 6.07) is 3.19. The number of guanidine groups is 1. The lowest BCUT2D eigenvalue weighted by Crippen LogP contribution is -2.41. The molecule has 0 aliphatic heterocycles. The molecule has 0 aliphatic rings. The minimum atomic E-state index is -4.42. The topological polar surface area (TPSA) is 91.5 Å². The Labute approximate surface area is 158 Å². The maximum Gasteiger partial charge on any atom is 0.434 e. The van der Waals surface area contributed by atoms with E-state index in [1.807, 2.05) is 6.92 Å². The number of carbonyl (C=O) groups is 1. The molecule has 0 aromatic carbocycles. The molecule has 0 bridgehead atoms. The van der Waals surface area contributed by atoms with E-state index >= 15 is 0 Å². The summed E-state index contributed by atoms with van der Waals surface area (Å²) in [6.07, 6.45) is -2.69. The fraction of sp³-hybridized carbons (Fsp3) is 0.438. The number of thiazole rings is 1. The van der Waals surface area contributed by atoms with Crippen molar-refractivity contribution < 1.29 is 22.4 Å². The second-order valence-electron chi connectivity index (χ2n) is 5.29. The van der Waals surface area contributed by atoms with Crippen LogP contribution < -0.4 is 16.0 Å². The lowest BCUT2D eigenvalue weighted by Gasteiger charge is -2.11. The van der Waals surface area contributed by atoms with E-state index in [2.05, 4.69) is 25.9 Å². The van der Waals surface area contributed by atoms with Gasteiger partial charge in [-0.05, 0) is 19.1 Å². The molecule has 2 aromatic heterocycles. The molecule has 0 saturated heterocycles. The van der Waals surface area contributed by atoms with Gasteiger partial charge in [-0.15, -0.1) is 11.3 Å². The first-order valence-electron chi connectivity index (χ1n) is 8.25. The van der Waals surface area contributed by atoms with Crippen LogP contribution in [0.5, 0.6) is 0 Å². The van der Waals surface area contributed by atoms with E-state index in [4.69, 9.17) is 4.42 Å². The zero-order chi connectivity index (χ0) is 19.7. The maximum atomic E-state index is 12.5. The van der Waals surface area contributed by atoms with Crippen molar-refractivity contribution in [3.8, 4) is 0 Å². The van der Waals surface area contributed by atoms with Crippen LogP contribution in [0, 0.1) is 0 Å². The number of carbonyl (C=O) groups excluding carboxylic acids is 1. The van der Waals surface area contributed by atoms with Gasteiger partial charge in [0.25, 0.3) is 5.91 Å². The molecule has 0 radical (unpaired) electrons. The Morgan fingerprint density at radius 3 is 2.70 bits per heavy atom. The highest BCUT2D eigenvalue weighted by atomic mass is 32.1. The molecular formula is C16H20F3N5O2S. The van der Waals surface area contributed by atoms with Crippen LogP contribution in [0.15, 0.2) is 33.2 Å². The van der Waals surface area contributed by atoms with Gasteiger partial charge in [-0.2, -0.15) is 13.2 Å². The highest BCUT2D eigenvalue weighted by Crippen LogP contribution is 2.30. The summed E-state index contributed by atoms with van der Waals surface area (Å²) in [5.74, 6) is 0.433. The minimum absolute atomic E-state index is 0.234. The van der Waals surface area contributed by atoms with Crippen molar-refractivity contribution in [1.82, 2.24) is 20.9 Å². The SMILES string of the molecule is CCNC(=NCCc1nc(C(F)(F)F)cs1)NCCNC(=O)c1ccco1. The van der Waals surface area contributed by atoms with Crippen molar-refractivity contribution in [2.75, 3.05) is 26.2 Å². The van der Waals surface area contributed by atoms with Gasteiger partial charge in [0.2, 0.25) is 0 Å².